The Balaban J connectivity index is 1.26. The summed E-state index contributed by atoms with van der Waals surface area (Å²) in [6, 6.07) is 7.17. The molecule has 2 saturated heterocycles. The molecule has 3 heterocycles. The molecule has 0 bridgehead atoms. The molecule has 2 aliphatic rings. The second kappa shape index (κ2) is 8.19. The van der Waals surface area contributed by atoms with E-state index in [1.807, 2.05) is 11.0 Å². The average Bonchev–Trinajstić information content (AvgIpc) is 3.09. The van der Waals surface area contributed by atoms with E-state index < -0.39 is 9.84 Å². The molecule has 2 aliphatic heterocycles. The Bertz CT molecular complexity index is 1060. The third-order valence-electron chi connectivity index (χ3n) is 5.78. The molecule has 1 aromatic carbocycles. The Morgan fingerprint density at radius 3 is 2.62 bits per heavy atom. The Morgan fingerprint density at radius 1 is 1.14 bits per heavy atom. The number of fused-ring (bicyclic) bond motifs is 1. The smallest absolute Gasteiger partial charge is 0.277 e. The van der Waals surface area contributed by atoms with Crippen molar-refractivity contribution in [3.63, 3.8) is 0 Å². The molecule has 10 heteroatoms. The van der Waals surface area contributed by atoms with Crippen molar-refractivity contribution < 1.29 is 13.2 Å². The van der Waals surface area contributed by atoms with Crippen LogP contribution in [0.4, 0.5) is 0 Å². The van der Waals surface area contributed by atoms with Gasteiger partial charge in [0, 0.05) is 45.2 Å². The predicted octanol–water partition coefficient (Wildman–Crippen LogP) is -0.0970. The lowest BCUT2D eigenvalue weighted by atomic mass is 10.1. The summed E-state index contributed by atoms with van der Waals surface area (Å²) in [6.45, 7) is 3.00. The number of aryl methyl sites for hydroxylation is 1. The molecular weight excluding hydrogens is 394 g/mol. The maximum absolute atomic E-state index is 12.5. The van der Waals surface area contributed by atoms with Crippen LogP contribution in [0.15, 0.2) is 29.1 Å². The molecule has 0 unspecified atom stereocenters. The fourth-order valence-corrected chi connectivity index (χ4v) is 5.87. The van der Waals surface area contributed by atoms with Crippen LogP contribution in [0.1, 0.15) is 19.3 Å². The fourth-order valence-electron chi connectivity index (χ4n) is 4.11. The summed E-state index contributed by atoms with van der Waals surface area (Å²) < 4.78 is 24.6. The molecule has 156 valence electrons. The first kappa shape index (κ1) is 20.0. The summed E-state index contributed by atoms with van der Waals surface area (Å²) in [5, 5.41) is 8.54. The van der Waals surface area contributed by atoms with Gasteiger partial charge in [0.15, 0.2) is 9.84 Å². The van der Waals surface area contributed by atoms with Gasteiger partial charge in [0.2, 0.25) is 5.91 Å². The van der Waals surface area contributed by atoms with Gasteiger partial charge >= 0.3 is 0 Å². The molecule has 0 radical (unpaired) electrons. The van der Waals surface area contributed by atoms with Crippen molar-refractivity contribution in [1.29, 1.82) is 0 Å². The largest absolute Gasteiger partial charge is 0.340 e. The van der Waals surface area contributed by atoms with Crippen molar-refractivity contribution in [2.45, 2.75) is 31.8 Å². The van der Waals surface area contributed by atoms with E-state index in [1.54, 1.807) is 18.2 Å². The summed E-state index contributed by atoms with van der Waals surface area (Å²) in [5.74, 6) is 0.571. The average molecular weight is 420 g/mol. The minimum absolute atomic E-state index is 0.0606. The Hall–Kier alpha value is -2.33. The molecule has 0 N–H and O–H groups in total. The van der Waals surface area contributed by atoms with Gasteiger partial charge in [0.25, 0.3) is 5.56 Å². The predicted molar refractivity (Wildman–Crippen MR) is 108 cm³/mol. The third-order valence-corrected chi connectivity index (χ3v) is 7.53. The van der Waals surface area contributed by atoms with Crippen LogP contribution >= 0.6 is 0 Å². The van der Waals surface area contributed by atoms with E-state index in [2.05, 4.69) is 15.2 Å². The second-order valence-corrected chi connectivity index (χ2v) is 9.94. The number of benzene rings is 1. The van der Waals surface area contributed by atoms with Crippen molar-refractivity contribution in [2.24, 2.45) is 0 Å². The lowest BCUT2D eigenvalue weighted by molar-refractivity contribution is -0.133. The van der Waals surface area contributed by atoms with E-state index >= 15 is 0 Å². The SMILES string of the molecule is O=C(CCCn1nnc2ccccc2c1=O)N1CCN([C@H]2CCS(=O)(=O)C2)CC1. The van der Waals surface area contributed by atoms with Crippen LogP contribution in [0.25, 0.3) is 10.9 Å². The Morgan fingerprint density at radius 2 is 1.90 bits per heavy atom. The molecule has 0 saturated carbocycles. The monoisotopic (exact) mass is 419 g/mol. The second-order valence-electron chi connectivity index (χ2n) is 7.71. The highest BCUT2D eigenvalue weighted by molar-refractivity contribution is 7.91. The van der Waals surface area contributed by atoms with Gasteiger partial charge in [-0.2, -0.15) is 0 Å². The summed E-state index contributed by atoms with van der Waals surface area (Å²) >= 11 is 0. The molecule has 0 spiro atoms. The molecule has 0 aliphatic carbocycles. The van der Waals surface area contributed by atoms with Gasteiger partial charge in [-0.25, -0.2) is 13.1 Å². The molecule has 1 amide bonds. The molecule has 1 atom stereocenters. The first-order valence-corrected chi connectivity index (χ1v) is 11.8. The lowest BCUT2D eigenvalue weighted by Crippen LogP contribution is -2.52. The number of hydrogen-bond donors (Lipinski definition) is 0. The zero-order valence-corrected chi connectivity index (χ0v) is 17.1. The number of piperazine rings is 1. The standard InChI is InChI=1S/C19H25N5O4S/c25-18(23-11-9-22(10-12-23)15-7-13-29(27,28)14-15)6-3-8-24-19(26)16-4-1-2-5-17(16)20-21-24/h1-2,4-5,15H,3,6-14H2/t15-/m0/s1. The summed E-state index contributed by atoms with van der Waals surface area (Å²) in [5.41, 5.74) is 0.376. The van der Waals surface area contributed by atoms with E-state index in [0.29, 0.717) is 62.9 Å². The quantitative estimate of drug-likeness (QED) is 0.666. The number of carbonyl (C=O) groups excluding carboxylic acids is 1. The Kier molecular flexibility index (Phi) is 5.64. The van der Waals surface area contributed by atoms with Crippen molar-refractivity contribution >= 4 is 26.6 Å². The minimum atomic E-state index is -2.89. The first-order chi connectivity index (χ1) is 13.9. The normalized spacial score (nSPS) is 22.2. The van der Waals surface area contributed by atoms with Crippen LogP contribution in [-0.2, 0) is 21.2 Å². The highest BCUT2D eigenvalue weighted by Gasteiger charge is 2.34. The maximum Gasteiger partial charge on any atom is 0.277 e. The summed E-state index contributed by atoms with van der Waals surface area (Å²) in [7, 11) is -2.89. The topological polar surface area (TPSA) is 105 Å². The van der Waals surface area contributed by atoms with Gasteiger partial charge in [0.1, 0.15) is 5.52 Å². The van der Waals surface area contributed by atoms with Gasteiger partial charge < -0.3 is 4.90 Å². The van der Waals surface area contributed by atoms with Gasteiger partial charge in [-0.3, -0.25) is 14.5 Å². The minimum Gasteiger partial charge on any atom is -0.340 e. The number of hydrogen-bond acceptors (Lipinski definition) is 7. The van der Waals surface area contributed by atoms with Crippen LogP contribution in [0, 0.1) is 0 Å². The zero-order chi connectivity index (χ0) is 20.4. The van der Waals surface area contributed by atoms with Gasteiger partial charge in [-0.05, 0) is 25.0 Å². The van der Waals surface area contributed by atoms with E-state index in [1.165, 1.54) is 4.68 Å². The molecule has 4 rings (SSSR count). The van der Waals surface area contributed by atoms with Crippen LogP contribution in [0.3, 0.4) is 0 Å². The molecule has 9 nitrogen and oxygen atoms in total. The molecular formula is C19H25N5O4S. The highest BCUT2D eigenvalue weighted by Crippen LogP contribution is 2.19. The van der Waals surface area contributed by atoms with Crippen molar-refractivity contribution in [3.05, 3.63) is 34.6 Å². The summed E-state index contributed by atoms with van der Waals surface area (Å²) in [4.78, 5) is 29.0. The van der Waals surface area contributed by atoms with E-state index in [0.717, 1.165) is 0 Å². The van der Waals surface area contributed by atoms with Crippen molar-refractivity contribution in [1.82, 2.24) is 24.8 Å². The van der Waals surface area contributed by atoms with Crippen LogP contribution in [-0.4, -0.2) is 82.8 Å². The van der Waals surface area contributed by atoms with Crippen molar-refractivity contribution in [3.8, 4) is 0 Å². The number of amides is 1. The molecule has 2 aromatic rings. The summed E-state index contributed by atoms with van der Waals surface area (Å²) in [6.07, 6.45) is 1.56. The number of nitrogens with zero attached hydrogens (tertiary/aromatic N) is 5. The zero-order valence-electron chi connectivity index (χ0n) is 16.2. The van der Waals surface area contributed by atoms with Crippen molar-refractivity contribution in [2.75, 3.05) is 37.7 Å². The Labute approximate surface area is 169 Å². The number of sulfone groups is 1. The third kappa shape index (κ3) is 4.48. The van der Waals surface area contributed by atoms with Gasteiger partial charge in [-0.15, -0.1) is 5.10 Å². The van der Waals surface area contributed by atoms with Gasteiger partial charge in [0.05, 0.1) is 16.9 Å². The molecule has 2 fully saturated rings. The lowest BCUT2D eigenvalue weighted by Gasteiger charge is -2.37. The van der Waals surface area contributed by atoms with Crippen LogP contribution in [0.2, 0.25) is 0 Å². The number of aromatic nitrogens is 3. The van der Waals surface area contributed by atoms with Crippen LogP contribution < -0.4 is 5.56 Å². The fraction of sp³-hybridized carbons (Fsp3) is 0.579. The number of rotatable bonds is 5. The van der Waals surface area contributed by atoms with E-state index in [4.69, 9.17) is 0 Å². The molecule has 1 aromatic heterocycles. The van der Waals surface area contributed by atoms with E-state index in [-0.39, 0.29) is 29.0 Å². The first-order valence-electron chi connectivity index (χ1n) is 9.98. The molecule has 29 heavy (non-hydrogen) atoms. The maximum atomic E-state index is 12.5. The highest BCUT2D eigenvalue weighted by atomic mass is 32.2. The van der Waals surface area contributed by atoms with Gasteiger partial charge in [-0.1, -0.05) is 17.3 Å². The van der Waals surface area contributed by atoms with E-state index in [9.17, 15) is 18.0 Å². The number of carbonyl (C=O) groups is 1. The van der Waals surface area contributed by atoms with Crippen LogP contribution in [0.5, 0.6) is 0 Å².